The Morgan fingerprint density at radius 1 is 1.06 bits per heavy atom. The number of fused-ring (bicyclic) bond motifs is 2. The van der Waals surface area contributed by atoms with E-state index in [-0.39, 0.29) is 5.91 Å². The van der Waals surface area contributed by atoms with Crippen LogP contribution in [0.1, 0.15) is 15.9 Å². The molecule has 0 saturated carbocycles. The van der Waals surface area contributed by atoms with E-state index < -0.39 is 0 Å². The number of nitrogens with zero attached hydrogens (tertiary/aromatic N) is 1. The standard InChI is InChI=1S/C14H11NOS/c16-13-8-7-11-4-1-2-5-12(11)10-17-14-6-3-9-15(13)14/h1-9H,10H2/b8-7-. The average Bonchev–Trinajstić information content (AvgIpc) is 2.83. The van der Waals surface area contributed by atoms with E-state index in [2.05, 4.69) is 6.07 Å². The van der Waals surface area contributed by atoms with E-state index >= 15 is 0 Å². The van der Waals surface area contributed by atoms with Crippen LogP contribution in [0.2, 0.25) is 0 Å². The molecule has 2 aromatic rings. The van der Waals surface area contributed by atoms with Crippen LogP contribution < -0.4 is 0 Å². The summed E-state index contributed by atoms with van der Waals surface area (Å²) >= 11 is 1.69. The highest BCUT2D eigenvalue weighted by Gasteiger charge is 2.10. The average molecular weight is 241 g/mol. The van der Waals surface area contributed by atoms with Crippen molar-refractivity contribution in [3.8, 4) is 0 Å². The van der Waals surface area contributed by atoms with Crippen LogP contribution in [0.15, 0.2) is 53.7 Å². The Kier molecular flexibility index (Phi) is 2.61. The van der Waals surface area contributed by atoms with Gasteiger partial charge in [0.1, 0.15) is 0 Å². The molecular formula is C14H11NOS. The van der Waals surface area contributed by atoms with E-state index in [0.29, 0.717) is 0 Å². The largest absolute Gasteiger partial charge is 0.278 e. The summed E-state index contributed by atoms with van der Waals surface area (Å²) < 4.78 is 1.69. The van der Waals surface area contributed by atoms with E-state index in [9.17, 15) is 4.79 Å². The Hall–Kier alpha value is -1.74. The van der Waals surface area contributed by atoms with Crippen LogP contribution in [0.5, 0.6) is 0 Å². The minimum absolute atomic E-state index is 0.00852. The summed E-state index contributed by atoms with van der Waals surface area (Å²) in [5.74, 6) is 0.895. The monoisotopic (exact) mass is 241 g/mol. The fraction of sp³-hybridized carbons (Fsp3) is 0.0714. The number of rotatable bonds is 0. The lowest BCUT2D eigenvalue weighted by Crippen LogP contribution is -2.06. The maximum absolute atomic E-state index is 11.9. The van der Waals surface area contributed by atoms with Crippen LogP contribution in [0.25, 0.3) is 6.08 Å². The summed E-state index contributed by atoms with van der Waals surface area (Å²) in [7, 11) is 0. The van der Waals surface area contributed by atoms with Crippen molar-refractivity contribution in [2.75, 3.05) is 0 Å². The minimum Gasteiger partial charge on any atom is -0.278 e. The maximum atomic E-state index is 11.9. The Labute approximate surface area is 104 Å². The molecule has 1 aliphatic rings. The molecule has 0 amide bonds. The molecule has 0 atom stereocenters. The van der Waals surface area contributed by atoms with E-state index in [4.69, 9.17) is 0 Å². The highest BCUT2D eigenvalue weighted by molar-refractivity contribution is 7.98. The van der Waals surface area contributed by atoms with Crippen molar-refractivity contribution < 1.29 is 4.79 Å². The van der Waals surface area contributed by atoms with Crippen LogP contribution in [0.4, 0.5) is 0 Å². The molecule has 0 spiro atoms. The third kappa shape index (κ3) is 1.94. The fourth-order valence-electron chi connectivity index (χ4n) is 1.89. The molecule has 0 aliphatic carbocycles. The minimum atomic E-state index is 0.00852. The summed E-state index contributed by atoms with van der Waals surface area (Å²) in [6.07, 6.45) is 5.34. The lowest BCUT2D eigenvalue weighted by molar-refractivity contribution is 0.0961. The van der Waals surface area contributed by atoms with E-state index in [1.54, 1.807) is 22.4 Å². The van der Waals surface area contributed by atoms with Gasteiger partial charge in [-0.25, -0.2) is 0 Å². The first-order valence-corrected chi connectivity index (χ1v) is 6.43. The Bertz CT molecular complexity index is 598. The normalized spacial score (nSPS) is 16.4. The third-order valence-corrected chi connectivity index (χ3v) is 3.87. The first kappa shape index (κ1) is 10.4. The molecular weight excluding hydrogens is 230 g/mol. The smallest absolute Gasteiger partial charge is 0.255 e. The van der Waals surface area contributed by atoms with Gasteiger partial charge in [0.2, 0.25) is 0 Å². The zero-order chi connectivity index (χ0) is 11.7. The summed E-state index contributed by atoms with van der Waals surface area (Å²) in [6, 6.07) is 12.1. The predicted octanol–water partition coefficient (Wildman–Crippen LogP) is 3.45. The molecule has 1 aliphatic heterocycles. The Balaban J connectivity index is 2.09. The lowest BCUT2D eigenvalue weighted by atomic mass is 10.1. The Morgan fingerprint density at radius 3 is 2.88 bits per heavy atom. The van der Waals surface area contributed by atoms with Gasteiger partial charge in [-0.3, -0.25) is 9.36 Å². The number of carbonyl (C=O) groups excluding carboxylic acids is 1. The van der Waals surface area contributed by atoms with Crippen LogP contribution in [-0.2, 0) is 5.75 Å². The highest BCUT2D eigenvalue weighted by Crippen LogP contribution is 2.27. The van der Waals surface area contributed by atoms with E-state index in [1.807, 2.05) is 42.6 Å². The van der Waals surface area contributed by atoms with Crippen molar-refractivity contribution in [1.82, 2.24) is 4.57 Å². The number of benzene rings is 1. The van der Waals surface area contributed by atoms with Gasteiger partial charge in [-0.1, -0.05) is 24.3 Å². The van der Waals surface area contributed by atoms with Gasteiger partial charge in [-0.15, -0.1) is 11.8 Å². The molecule has 84 valence electrons. The molecule has 0 fully saturated rings. The number of carbonyl (C=O) groups is 1. The topological polar surface area (TPSA) is 22.0 Å². The zero-order valence-electron chi connectivity index (χ0n) is 9.17. The highest BCUT2D eigenvalue weighted by atomic mass is 32.2. The molecule has 3 heteroatoms. The Morgan fingerprint density at radius 2 is 1.94 bits per heavy atom. The summed E-state index contributed by atoms with van der Waals surface area (Å²) in [5, 5.41) is 0.997. The van der Waals surface area contributed by atoms with Gasteiger partial charge >= 0.3 is 0 Å². The van der Waals surface area contributed by atoms with Crippen LogP contribution in [-0.4, -0.2) is 10.5 Å². The second kappa shape index (κ2) is 4.26. The molecule has 17 heavy (non-hydrogen) atoms. The molecule has 1 aromatic heterocycles. The molecule has 3 rings (SSSR count). The molecule has 0 saturated heterocycles. The summed E-state index contributed by atoms with van der Waals surface area (Å²) in [6.45, 7) is 0. The third-order valence-electron chi connectivity index (χ3n) is 2.78. The van der Waals surface area contributed by atoms with Gasteiger partial charge in [0.25, 0.3) is 5.91 Å². The molecule has 2 heterocycles. The molecule has 2 nitrogen and oxygen atoms in total. The van der Waals surface area contributed by atoms with Crippen molar-refractivity contribution in [3.63, 3.8) is 0 Å². The van der Waals surface area contributed by atoms with Crippen molar-refractivity contribution >= 4 is 23.7 Å². The number of allylic oxidation sites excluding steroid dienone is 1. The number of hydrogen-bond donors (Lipinski definition) is 0. The van der Waals surface area contributed by atoms with Gasteiger partial charge in [0, 0.05) is 18.0 Å². The van der Waals surface area contributed by atoms with Crippen LogP contribution in [0.3, 0.4) is 0 Å². The van der Waals surface area contributed by atoms with E-state index in [0.717, 1.165) is 16.3 Å². The van der Waals surface area contributed by atoms with E-state index in [1.165, 1.54) is 5.56 Å². The van der Waals surface area contributed by atoms with Gasteiger partial charge < -0.3 is 0 Å². The first-order chi connectivity index (χ1) is 8.34. The van der Waals surface area contributed by atoms with Crippen LogP contribution >= 0.6 is 11.8 Å². The molecule has 0 N–H and O–H groups in total. The number of hydrogen-bond acceptors (Lipinski definition) is 2. The second-order valence-electron chi connectivity index (χ2n) is 3.88. The van der Waals surface area contributed by atoms with Crippen molar-refractivity contribution in [3.05, 3.63) is 59.8 Å². The summed E-state index contributed by atoms with van der Waals surface area (Å²) in [4.78, 5) is 11.9. The first-order valence-electron chi connectivity index (χ1n) is 5.45. The maximum Gasteiger partial charge on any atom is 0.255 e. The zero-order valence-corrected chi connectivity index (χ0v) is 9.98. The summed E-state index contributed by atoms with van der Waals surface area (Å²) in [5.41, 5.74) is 2.38. The van der Waals surface area contributed by atoms with Gasteiger partial charge in [-0.2, -0.15) is 0 Å². The van der Waals surface area contributed by atoms with Gasteiger partial charge in [0.15, 0.2) is 0 Å². The van der Waals surface area contributed by atoms with Crippen molar-refractivity contribution in [1.29, 1.82) is 0 Å². The predicted molar refractivity (Wildman–Crippen MR) is 70.1 cm³/mol. The fourth-order valence-corrected chi connectivity index (χ4v) is 2.92. The molecule has 0 bridgehead atoms. The molecule has 1 aromatic carbocycles. The number of thioether (sulfide) groups is 1. The second-order valence-corrected chi connectivity index (χ2v) is 4.87. The van der Waals surface area contributed by atoms with Gasteiger partial charge in [0.05, 0.1) is 5.03 Å². The van der Waals surface area contributed by atoms with Crippen molar-refractivity contribution in [2.24, 2.45) is 0 Å². The lowest BCUT2D eigenvalue weighted by Gasteiger charge is -2.05. The quantitative estimate of drug-likeness (QED) is 0.704. The molecule has 0 unspecified atom stereocenters. The van der Waals surface area contributed by atoms with Gasteiger partial charge in [-0.05, 0) is 29.3 Å². The SMILES string of the molecule is O=C1/C=C\c2ccccc2CSc2cccn21. The van der Waals surface area contributed by atoms with Crippen LogP contribution in [0, 0.1) is 0 Å². The molecule has 0 radical (unpaired) electrons. The number of aromatic nitrogens is 1. The van der Waals surface area contributed by atoms with Crippen molar-refractivity contribution in [2.45, 2.75) is 10.8 Å².